The van der Waals surface area contributed by atoms with Crippen LogP contribution >= 0.6 is 0 Å². The van der Waals surface area contributed by atoms with Gasteiger partial charge in [0.15, 0.2) is 0 Å². The maximum Gasteiger partial charge on any atom is 0.351 e. The summed E-state index contributed by atoms with van der Waals surface area (Å²) < 4.78 is 11.1. The van der Waals surface area contributed by atoms with Gasteiger partial charge < -0.3 is 19.6 Å². The first-order valence-electron chi connectivity index (χ1n) is 18.7. The molecule has 0 bridgehead atoms. The standard InChI is InChI=1S/C38H60N2O6/c1-3-45-33-13-7-27(8-14-33)23-31-25-29(11-17-35(31)39-37(42)6-5-21-41)22-30-12-18-36(40(44)20-19-38(40)43)32(26-30)24-28-9-15-34(16-10-28)46-4-2/h3-4,21,27-36,44H,1-2,5-20,22-26H2/p+1. The van der Waals surface area contributed by atoms with E-state index in [1.165, 1.54) is 19.3 Å². The Balaban J connectivity index is 1.20. The monoisotopic (exact) mass is 641 g/mol. The molecule has 1 heterocycles. The fourth-order valence-electron chi connectivity index (χ4n) is 10.3. The summed E-state index contributed by atoms with van der Waals surface area (Å²) in [7, 11) is 0. The van der Waals surface area contributed by atoms with Crippen LogP contribution in [0, 0.1) is 35.5 Å². The van der Waals surface area contributed by atoms with Crippen LogP contribution in [-0.2, 0) is 23.9 Å². The highest BCUT2D eigenvalue weighted by molar-refractivity contribution is 5.78. The van der Waals surface area contributed by atoms with E-state index in [4.69, 9.17) is 9.47 Å². The fraction of sp³-hybridized carbons (Fsp3) is 0.816. The van der Waals surface area contributed by atoms with Gasteiger partial charge in [-0.25, -0.2) is 10.0 Å². The molecule has 4 aliphatic carbocycles. The van der Waals surface area contributed by atoms with Crippen LogP contribution in [0.3, 0.4) is 0 Å². The van der Waals surface area contributed by atoms with Crippen LogP contribution in [0.5, 0.6) is 0 Å². The Hall–Kier alpha value is -2.19. The van der Waals surface area contributed by atoms with Crippen molar-refractivity contribution in [1.82, 2.24) is 5.32 Å². The number of nitrogens with zero attached hydrogens (tertiary/aromatic N) is 1. The van der Waals surface area contributed by atoms with Crippen molar-refractivity contribution in [2.75, 3.05) is 6.54 Å². The zero-order chi connectivity index (χ0) is 32.5. The number of carbonyl (C=O) groups excluding carboxylic acids is 3. The lowest BCUT2D eigenvalue weighted by molar-refractivity contribution is -1.08. The quantitative estimate of drug-likeness (QED) is 0.0636. The first-order valence-corrected chi connectivity index (χ1v) is 18.7. The Bertz CT molecular complexity index is 1030. The van der Waals surface area contributed by atoms with Crippen LogP contribution in [0.4, 0.5) is 0 Å². The zero-order valence-electron chi connectivity index (χ0n) is 28.2. The molecule has 5 rings (SSSR count). The predicted octanol–water partition coefficient (Wildman–Crippen LogP) is 7.40. The second-order valence-corrected chi connectivity index (χ2v) is 15.6. The predicted molar refractivity (Wildman–Crippen MR) is 177 cm³/mol. The fourth-order valence-corrected chi connectivity index (χ4v) is 10.3. The minimum Gasteiger partial charge on any atom is -0.499 e. The molecule has 1 aliphatic heterocycles. The van der Waals surface area contributed by atoms with E-state index in [1.807, 2.05) is 0 Å². The van der Waals surface area contributed by atoms with Gasteiger partial charge in [0.1, 0.15) is 25.3 Å². The number of ether oxygens (including phenoxy) is 2. The van der Waals surface area contributed by atoms with Crippen molar-refractivity contribution in [2.45, 2.75) is 153 Å². The van der Waals surface area contributed by atoms with Gasteiger partial charge in [-0.1, -0.05) is 13.2 Å². The van der Waals surface area contributed by atoms with Gasteiger partial charge in [0.25, 0.3) is 0 Å². The molecule has 0 aromatic carbocycles. The van der Waals surface area contributed by atoms with Gasteiger partial charge in [0.2, 0.25) is 5.91 Å². The van der Waals surface area contributed by atoms with Crippen LogP contribution in [0.25, 0.3) is 0 Å². The third kappa shape index (κ3) is 9.03. The van der Waals surface area contributed by atoms with Gasteiger partial charge in [0.05, 0.1) is 24.7 Å². The van der Waals surface area contributed by atoms with Crippen LogP contribution in [0.2, 0.25) is 0 Å². The molecular formula is C38H61N2O6+. The SMILES string of the molecule is C=COC1CCC(CC2CC(CC3CCC([N+]4(O)CCC4=O)C(CC4CCC(OC=C)CC4)C3)CCC2NC(=O)CCC=O)CC1. The number of quaternary nitrogens is 1. The Morgan fingerprint density at radius 2 is 1.33 bits per heavy atom. The number of rotatable bonds is 15. The van der Waals surface area contributed by atoms with Crippen LogP contribution < -0.4 is 5.32 Å². The first-order chi connectivity index (χ1) is 22.3. The molecule has 2 N–H and O–H groups in total. The number of β-lactam (4-membered cyclic amide) rings is 1. The van der Waals surface area contributed by atoms with Gasteiger partial charge >= 0.3 is 5.91 Å². The lowest BCUT2D eigenvalue weighted by atomic mass is 9.66. The van der Waals surface area contributed by atoms with E-state index in [1.54, 1.807) is 12.5 Å². The van der Waals surface area contributed by atoms with E-state index in [0.29, 0.717) is 48.5 Å². The smallest absolute Gasteiger partial charge is 0.351 e. The van der Waals surface area contributed by atoms with Crippen molar-refractivity contribution in [3.8, 4) is 0 Å². The molecule has 8 nitrogen and oxygen atoms in total. The number of nitrogens with one attached hydrogen (secondary N) is 1. The Labute approximate surface area is 277 Å². The zero-order valence-corrected chi connectivity index (χ0v) is 28.2. The van der Waals surface area contributed by atoms with Gasteiger partial charge in [-0.3, -0.25) is 4.79 Å². The maximum absolute atomic E-state index is 12.7. The number of amides is 2. The average molecular weight is 642 g/mol. The summed E-state index contributed by atoms with van der Waals surface area (Å²) in [6, 6.07) is 0.238. The summed E-state index contributed by atoms with van der Waals surface area (Å²) in [4.78, 5) is 36.2. The number of hydrogen-bond donors (Lipinski definition) is 2. The molecule has 0 spiro atoms. The average Bonchev–Trinajstić information content (AvgIpc) is 3.06. The summed E-state index contributed by atoms with van der Waals surface area (Å²) in [5, 5.41) is 14.7. The molecule has 258 valence electrons. The highest BCUT2D eigenvalue weighted by atomic mass is 16.6. The molecule has 7 unspecified atom stereocenters. The number of hydroxylamine groups is 3. The number of carbonyl (C=O) groups is 3. The summed E-state index contributed by atoms with van der Waals surface area (Å²) >= 11 is 0. The van der Waals surface area contributed by atoms with E-state index in [-0.39, 0.29) is 53.6 Å². The molecule has 0 aromatic rings. The molecule has 2 amide bonds. The highest BCUT2D eigenvalue weighted by Gasteiger charge is 2.56. The van der Waals surface area contributed by atoms with E-state index in [9.17, 15) is 19.6 Å². The van der Waals surface area contributed by atoms with Crippen molar-refractivity contribution in [1.29, 1.82) is 0 Å². The highest BCUT2D eigenvalue weighted by Crippen LogP contribution is 2.47. The molecule has 5 aliphatic rings. The number of hydrogen-bond acceptors (Lipinski definition) is 6. The molecule has 0 radical (unpaired) electrons. The molecule has 4 saturated carbocycles. The van der Waals surface area contributed by atoms with Crippen molar-refractivity contribution < 1.29 is 33.7 Å². The topological polar surface area (TPSA) is 102 Å². The van der Waals surface area contributed by atoms with Crippen molar-refractivity contribution >= 4 is 18.1 Å². The maximum atomic E-state index is 12.7. The summed E-state index contributed by atoms with van der Waals surface area (Å²) in [6.45, 7) is 8.04. The first kappa shape index (κ1) is 35.1. The minimum atomic E-state index is -0.316. The van der Waals surface area contributed by atoms with Gasteiger partial charge in [-0.2, -0.15) is 0 Å². The Kier molecular flexibility index (Phi) is 12.8. The number of aldehydes is 1. The summed E-state index contributed by atoms with van der Waals surface area (Å²) in [5.74, 6) is 3.43. The Morgan fingerprint density at radius 1 is 0.783 bits per heavy atom. The van der Waals surface area contributed by atoms with E-state index >= 15 is 0 Å². The third-order valence-electron chi connectivity index (χ3n) is 12.7. The third-order valence-corrected chi connectivity index (χ3v) is 12.7. The normalized spacial score (nSPS) is 39.8. The molecule has 7 atom stereocenters. The van der Waals surface area contributed by atoms with Gasteiger partial charge in [-0.15, -0.1) is 4.65 Å². The molecule has 46 heavy (non-hydrogen) atoms. The molecular weight excluding hydrogens is 580 g/mol. The van der Waals surface area contributed by atoms with Crippen LogP contribution in [0.1, 0.15) is 128 Å². The van der Waals surface area contributed by atoms with Crippen LogP contribution in [0.15, 0.2) is 25.7 Å². The van der Waals surface area contributed by atoms with E-state index in [2.05, 4.69) is 18.5 Å². The van der Waals surface area contributed by atoms with Crippen molar-refractivity contribution in [2.24, 2.45) is 35.5 Å². The lowest BCUT2D eigenvalue weighted by Crippen LogP contribution is -2.68. The summed E-state index contributed by atoms with van der Waals surface area (Å²) in [6.07, 6.45) is 24.4. The molecule has 1 saturated heterocycles. The van der Waals surface area contributed by atoms with Gasteiger partial charge in [-0.05, 0) is 132 Å². The van der Waals surface area contributed by atoms with E-state index < -0.39 is 0 Å². The largest absolute Gasteiger partial charge is 0.499 e. The summed E-state index contributed by atoms with van der Waals surface area (Å²) in [5.41, 5.74) is 0. The van der Waals surface area contributed by atoms with Crippen LogP contribution in [-0.4, -0.2) is 58.8 Å². The van der Waals surface area contributed by atoms with Gasteiger partial charge in [0, 0.05) is 31.2 Å². The van der Waals surface area contributed by atoms with Crippen molar-refractivity contribution in [3.63, 3.8) is 0 Å². The molecule has 5 fully saturated rings. The second-order valence-electron chi connectivity index (χ2n) is 15.6. The van der Waals surface area contributed by atoms with Crippen molar-refractivity contribution in [3.05, 3.63) is 25.7 Å². The number of likely N-dealkylation sites (tertiary alicyclic amines) is 1. The lowest BCUT2D eigenvalue weighted by Gasteiger charge is -2.48. The molecule has 0 aromatic heterocycles. The van der Waals surface area contributed by atoms with E-state index in [0.717, 1.165) is 96.2 Å². The minimum absolute atomic E-state index is 0.0106. The Morgan fingerprint density at radius 3 is 1.85 bits per heavy atom. The molecule has 8 heteroatoms. The second kappa shape index (κ2) is 16.8.